The van der Waals surface area contributed by atoms with Gasteiger partial charge < -0.3 is 75.1 Å². The number of carbonyl (C=O) groups excluding carboxylic acids is 6. The van der Waals surface area contributed by atoms with E-state index in [1.165, 1.54) is 36.8 Å². The van der Waals surface area contributed by atoms with Crippen LogP contribution in [-0.4, -0.2) is 134 Å². The van der Waals surface area contributed by atoms with E-state index >= 15 is 0 Å². The van der Waals surface area contributed by atoms with Gasteiger partial charge in [-0.15, -0.1) is 0 Å². The lowest BCUT2D eigenvalue weighted by atomic mass is 9.97. The van der Waals surface area contributed by atoms with Gasteiger partial charge in [0.1, 0.15) is 42.0 Å². The number of aromatic amines is 1. The van der Waals surface area contributed by atoms with Crippen molar-refractivity contribution in [3.05, 3.63) is 48.0 Å². The lowest BCUT2D eigenvalue weighted by molar-refractivity contribution is -0.143. The van der Waals surface area contributed by atoms with Crippen molar-refractivity contribution in [1.29, 1.82) is 0 Å². The minimum Gasteiger partial charge on any atom is -0.508 e. The molecule has 0 unspecified atom stereocenters. The zero-order chi connectivity index (χ0) is 50.2. The third-order valence-electron chi connectivity index (χ3n) is 10.7. The summed E-state index contributed by atoms with van der Waals surface area (Å²) in [5, 5.41) is 44.6. The van der Waals surface area contributed by atoms with Crippen LogP contribution >= 0.6 is 0 Å². The second-order valence-corrected chi connectivity index (χ2v) is 16.7. The molecule has 1 aromatic heterocycles. The number of nitrogens with two attached hydrogens (primary N) is 4. The molecule has 372 valence electrons. The molecule has 2 aromatic rings. The Morgan fingerprint density at radius 2 is 1.22 bits per heavy atom. The summed E-state index contributed by atoms with van der Waals surface area (Å²) >= 11 is 0. The Hall–Kier alpha value is -6.82. The number of unbranched alkanes of at least 4 members (excludes halogenated alkanes) is 1. The molecule has 1 aromatic carbocycles. The van der Waals surface area contributed by atoms with Gasteiger partial charge in [0, 0.05) is 31.3 Å². The summed E-state index contributed by atoms with van der Waals surface area (Å²) in [5.74, 6) is -8.81. The number of carboxylic acid groups (broad SMARTS) is 2. The first-order valence-corrected chi connectivity index (χ1v) is 22.2. The van der Waals surface area contributed by atoms with E-state index < -0.39 is 96.1 Å². The number of aromatic hydroxyl groups is 1. The number of aromatic nitrogens is 2. The van der Waals surface area contributed by atoms with Crippen LogP contribution in [0.15, 0.2) is 41.8 Å². The molecule has 0 aliphatic carbocycles. The molecule has 6 amide bonds. The highest BCUT2D eigenvalue weighted by Gasteiger charge is 2.35. The van der Waals surface area contributed by atoms with Gasteiger partial charge in [-0.3, -0.25) is 38.6 Å². The number of benzene rings is 1. The fraction of sp³-hybridized carbons (Fsp3) is 0.581. The molecule has 0 radical (unpaired) electrons. The summed E-state index contributed by atoms with van der Waals surface area (Å²) in [4.78, 5) is 118. The molecular weight excluding hydrogens is 875 g/mol. The smallest absolute Gasteiger partial charge is 0.326 e. The van der Waals surface area contributed by atoms with E-state index in [1.54, 1.807) is 6.92 Å². The molecule has 24 nitrogen and oxygen atoms in total. The second-order valence-electron chi connectivity index (χ2n) is 16.7. The summed E-state index contributed by atoms with van der Waals surface area (Å²) in [6.07, 6.45) is 2.89. The second kappa shape index (κ2) is 29.0. The third kappa shape index (κ3) is 20.9. The molecule has 0 fully saturated rings. The number of hydrogen-bond acceptors (Lipinski definition) is 13. The van der Waals surface area contributed by atoms with E-state index in [0.717, 1.165) is 0 Å². The molecule has 0 saturated carbocycles. The van der Waals surface area contributed by atoms with Crippen LogP contribution < -0.4 is 54.8 Å². The van der Waals surface area contributed by atoms with Crippen LogP contribution in [0.3, 0.4) is 0 Å². The van der Waals surface area contributed by atoms with E-state index in [0.29, 0.717) is 30.5 Å². The Bertz CT molecular complexity index is 1960. The van der Waals surface area contributed by atoms with Crippen LogP contribution in [0.5, 0.6) is 5.75 Å². The number of amides is 6. The minimum absolute atomic E-state index is 0.0116. The monoisotopic (exact) mass is 944 g/mol. The summed E-state index contributed by atoms with van der Waals surface area (Å²) in [6, 6.07) is -4.11. The predicted molar refractivity (Wildman–Crippen MR) is 245 cm³/mol. The SMILES string of the molecule is CC[C@H](C)[C@@H](N)C(=O)N[C@H](CC(C)C)C(=O)N[C@H](Cc1cnc[nH]1)C(=O)N[C@H](CCCN=C(N)N)C(=O)N[C@H](CC(=O)O)C(=O)N[C@H](Cc1ccc(O)cc1)C(=O)N[C@H](CCCCN)C(=O)O. The van der Waals surface area contributed by atoms with Gasteiger partial charge in [-0.1, -0.05) is 46.2 Å². The Morgan fingerprint density at radius 3 is 1.76 bits per heavy atom. The van der Waals surface area contributed by atoms with E-state index in [4.69, 9.17) is 22.9 Å². The lowest BCUT2D eigenvalue weighted by Crippen LogP contribution is -2.60. The predicted octanol–water partition coefficient (Wildman–Crippen LogP) is -2.03. The Labute approximate surface area is 389 Å². The van der Waals surface area contributed by atoms with Crippen LogP contribution in [-0.2, 0) is 51.2 Å². The third-order valence-corrected chi connectivity index (χ3v) is 10.7. The van der Waals surface area contributed by atoms with Gasteiger partial charge in [0.05, 0.1) is 18.8 Å². The number of rotatable bonds is 31. The van der Waals surface area contributed by atoms with Crippen molar-refractivity contribution in [2.45, 2.75) is 134 Å². The minimum atomic E-state index is -1.86. The van der Waals surface area contributed by atoms with Crippen molar-refractivity contribution in [3.8, 4) is 5.75 Å². The average Bonchev–Trinajstić information content (AvgIpc) is 3.78. The van der Waals surface area contributed by atoms with Crippen LogP contribution in [0.4, 0.5) is 0 Å². The first kappa shape index (κ1) is 56.3. The number of phenolic OH excluding ortho intramolecular Hbond substituents is 1. The number of carbonyl (C=O) groups is 8. The van der Waals surface area contributed by atoms with Crippen molar-refractivity contribution in [2.75, 3.05) is 13.1 Å². The quantitative estimate of drug-likeness (QED) is 0.0220. The highest BCUT2D eigenvalue weighted by molar-refractivity contribution is 5.98. The lowest BCUT2D eigenvalue weighted by Gasteiger charge is -2.28. The zero-order valence-corrected chi connectivity index (χ0v) is 38.5. The Morgan fingerprint density at radius 1 is 0.701 bits per heavy atom. The fourth-order valence-electron chi connectivity index (χ4n) is 6.65. The fourth-order valence-corrected chi connectivity index (χ4v) is 6.65. The van der Waals surface area contributed by atoms with Crippen LogP contribution in [0.2, 0.25) is 0 Å². The van der Waals surface area contributed by atoms with Crippen molar-refractivity contribution < 1.29 is 53.7 Å². The van der Waals surface area contributed by atoms with E-state index in [-0.39, 0.29) is 75.2 Å². The highest BCUT2D eigenvalue weighted by Crippen LogP contribution is 2.14. The molecule has 0 saturated heterocycles. The number of aliphatic carboxylic acids is 2. The summed E-state index contributed by atoms with van der Waals surface area (Å²) in [6.45, 7) is 7.62. The number of nitrogens with one attached hydrogen (secondary N) is 7. The topological polar surface area (TPSA) is 415 Å². The van der Waals surface area contributed by atoms with Crippen molar-refractivity contribution in [3.63, 3.8) is 0 Å². The van der Waals surface area contributed by atoms with E-state index in [1.807, 2.05) is 20.8 Å². The summed E-state index contributed by atoms with van der Waals surface area (Å²) < 4.78 is 0. The average molecular weight is 944 g/mol. The van der Waals surface area contributed by atoms with Gasteiger partial charge in [0.15, 0.2) is 5.96 Å². The molecule has 0 aliphatic heterocycles. The first-order chi connectivity index (χ1) is 31.6. The Balaban J connectivity index is 2.49. The summed E-state index contributed by atoms with van der Waals surface area (Å²) in [5.41, 5.74) is 23.5. The summed E-state index contributed by atoms with van der Waals surface area (Å²) in [7, 11) is 0. The van der Waals surface area contributed by atoms with Crippen molar-refractivity contribution in [1.82, 2.24) is 41.9 Å². The molecule has 0 spiro atoms. The number of aliphatic imine (C=N–C) groups is 1. The number of carboxylic acids is 2. The van der Waals surface area contributed by atoms with Gasteiger partial charge in [0.2, 0.25) is 35.4 Å². The standard InChI is InChI=1S/C43H69N13O11/c1-5-24(4)35(45)41(65)56-30(17-23(2)3)37(61)54-32(19-26-21-48-22-50-26)39(63)51-28(10-8-16-49-43(46)47)36(60)55-33(20-34(58)59)40(64)53-31(18-25-11-13-27(57)14-12-25)38(62)52-29(42(66)67)9-6-7-15-44/h11-14,21-24,28-33,35,57H,5-10,15-20,44-45H2,1-4H3,(H,48,50)(H,51,63)(H,52,62)(H,53,64)(H,54,61)(H,55,60)(H,56,65)(H,58,59)(H,66,67)(H4,46,47,49)/t24-,28+,29+,30+,31+,32+,33+,35+/m0/s1. The molecule has 1 heterocycles. The molecule has 2 rings (SSSR count). The zero-order valence-electron chi connectivity index (χ0n) is 38.5. The number of hydrogen-bond donors (Lipinski definition) is 14. The van der Waals surface area contributed by atoms with Gasteiger partial charge in [-0.05, 0) is 74.6 Å². The largest absolute Gasteiger partial charge is 0.508 e. The molecule has 24 heteroatoms. The van der Waals surface area contributed by atoms with E-state index in [9.17, 15) is 53.7 Å². The number of H-pyrrole nitrogens is 1. The normalized spacial score (nSPS) is 14.7. The maximum Gasteiger partial charge on any atom is 0.326 e. The molecule has 0 aliphatic rings. The van der Waals surface area contributed by atoms with Crippen molar-refractivity contribution in [2.24, 2.45) is 39.8 Å². The number of nitrogens with zero attached hydrogens (tertiary/aromatic N) is 2. The van der Waals surface area contributed by atoms with Gasteiger partial charge in [-0.2, -0.15) is 0 Å². The highest BCUT2D eigenvalue weighted by atomic mass is 16.4. The van der Waals surface area contributed by atoms with Gasteiger partial charge >= 0.3 is 11.9 Å². The molecule has 18 N–H and O–H groups in total. The number of imidazole rings is 1. The molecular formula is C43H69N13O11. The van der Waals surface area contributed by atoms with Gasteiger partial charge in [0.25, 0.3) is 0 Å². The molecule has 0 bridgehead atoms. The van der Waals surface area contributed by atoms with Crippen molar-refractivity contribution >= 4 is 53.3 Å². The van der Waals surface area contributed by atoms with Gasteiger partial charge in [-0.25, -0.2) is 9.78 Å². The molecule has 8 atom stereocenters. The maximum absolute atomic E-state index is 14.2. The maximum atomic E-state index is 14.2. The molecule has 67 heavy (non-hydrogen) atoms. The number of phenols is 1. The van der Waals surface area contributed by atoms with E-state index in [2.05, 4.69) is 46.9 Å². The van der Waals surface area contributed by atoms with Crippen LogP contribution in [0, 0.1) is 11.8 Å². The first-order valence-electron chi connectivity index (χ1n) is 22.2. The van der Waals surface area contributed by atoms with Crippen LogP contribution in [0.25, 0.3) is 0 Å². The number of guanidine groups is 1. The van der Waals surface area contributed by atoms with Crippen LogP contribution in [0.1, 0.15) is 90.3 Å². The Kier molecular flexibility index (Phi) is 24.3.